The van der Waals surface area contributed by atoms with Crippen LogP contribution in [0.1, 0.15) is 31.5 Å². The number of halogens is 2. The molecule has 0 aliphatic heterocycles. The maximum absolute atomic E-state index is 13.6. The Morgan fingerprint density at radius 1 is 0.810 bits per heavy atom. The van der Waals surface area contributed by atoms with Gasteiger partial charge in [-0.05, 0) is 48.0 Å². The first-order valence-electron chi connectivity index (χ1n) is 12.5. The van der Waals surface area contributed by atoms with Gasteiger partial charge in [-0.25, -0.2) is 9.78 Å². The highest BCUT2D eigenvalue weighted by Gasteiger charge is 2.24. The fourth-order valence-corrected chi connectivity index (χ4v) is 6.14. The number of carboxylic acids is 1. The molecule has 4 aromatic carbocycles. The SMILES string of the molecule is O=C(O)c1ccccc1C(=O)Nc1cccc(SC(C(=O)Nc2nc(-c3ccc(Cl)c(Cl)c3)cs2)c2ccccc2)c1. The number of aromatic carboxylic acids is 1. The molecule has 3 N–H and O–H groups in total. The summed E-state index contributed by atoms with van der Waals surface area (Å²) < 4.78 is 0. The zero-order valence-electron chi connectivity index (χ0n) is 21.6. The zero-order chi connectivity index (χ0) is 29.6. The predicted octanol–water partition coefficient (Wildman–Crippen LogP) is 8.54. The van der Waals surface area contributed by atoms with E-state index in [1.54, 1.807) is 42.5 Å². The summed E-state index contributed by atoms with van der Waals surface area (Å²) in [6.45, 7) is 0. The largest absolute Gasteiger partial charge is 0.478 e. The molecule has 1 aromatic heterocycles. The van der Waals surface area contributed by atoms with Gasteiger partial charge in [0, 0.05) is 21.5 Å². The number of aromatic nitrogens is 1. The number of nitrogens with zero attached hydrogens (tertiary/aromatic N) is 1. The highest BCUT2D eigenvalue weighted by molar-refractivity contribution is 8.00. The van der Waals surface area contributed by atoms with Gasteiger partial charge in [0.25, 0.3) is 5.91 Å². The molecule has 11 heteroatoms. The molecule has 2 amide bonds. The number of amides is 2. The lowest BCUT2D eigenvalue weighted by molar-refractivity contribution is -0.115. The summed E-state index contributed by atoms with van der Waals surface area (Å²) in [4.78, 5) is 43.3. The third-order valence-corrected chi connectivity index (χ3v) is 8.78. The van der Waals surface area contributed by atoms with Crippen molar-refractivity contribution in [2.75, 3.05) is 10.6 Å². The second-order valence-corrected chi connectivity index (χ2v) is 11.7. The second-order valence-electron chi connectivity index (χ2n) is 8.90. The summed E-state index contributed by atoms with van der Waals surface area (Å²) >= 11 is 14.8. The quantitative estimate of drug-likeness (QED) is 0.140. The summed E-state index contributed by atoms with van der Waals surface area (Å²) in [5, 5.41) is 17.6. The van der Waals surface area contributed by atoms with Gasteiger partial charge in [-0.1, -0.05) is 77.8 Å². The van der Waals surface area contributed by atoms with Crippen molar-refractivity contribution in [3.63, 3.8) is 0 Å². The van der Waals surface area contributed by atoms with Crippen LogP contribution in [-0.4, -0.2) is 27.9 Å². The van der Waals surface area contributed by atoms with Crippen LogP contribution in [0.25, 0.3) is 11.3 Å². The van der Waals surface area contributed by atoms with Crippen LogP contribution in [0.15, 0.2) is 107 Å². The number of hydrogen-bond donors (Lipinski definition) is 3. The zero-order valence-corrected chi connectivity index (χ0v) is 24.7. The van der Waals surface area contributed by atoms with Gasteiger partial charge in [0.2, 0.25) is 5.91 Å². The highest BCUT2D eigenvalue weighted by Crippen LogP contribution is 2.38. The van der Waals surface area contributed by atoms with Crippen LogP contribution in [0.2, 0.25) is 10.0 Å². The van der Waals surface area contributed by atoms with Crippen molar-refractivity contribution in [1.82, 2.24) is 4.98 Å². The number of thiazole rings is 1. The Kier molecular flexibility index (Phi) is 9.24. The van der Waals surface area contributed by atoms with Crippen LogP contribution in [0.5, 0.6) is 0 Å². The number of rotatable bonds is 9. The number of nitrogens with one attached hydrogen (secondary N) is 2. The first-order chi connectivity index (χ1) is 20.3. The Morgan fingerprint density at radius 2 is 1.55 bits per heavy atom. The molecule has 5 aromatic rings. The van der Waals surface area contributed by atoms with Gasteiger partial charge in [-0.3, -0.25) is 9.59 Å². The molecule has 0 spiro atoms. The van der Waals surface area contributed by atoms with Crippen molar-refractivity contribution in [2.45, 2.75) is 10.1 Å². The van der Waals surface area contributed by atoms with Crippen molar-refractivity contribution < 1.29 is 19.5 Å². The molecule has 1 unspecified atom stereocenters. The van der Waals surface area contributed by atoms with E-state index in [2.05, 4.69) is 15.6 Å². The average molecular weight is 635 g/mol. The molecular formula is C31H21Cl2N3O4S2. The van der Waals surface area contributed by atoms with E-state index in [0.29, 0.717) is 26.6 Å². The lowest BCUT2D eigenvalue weighted by atomic mass is 10.1. The number of carbonyl (C=O) groups excluding carboxylic acids is 2. The smallest absolute Gasteiger partial charge is 0.336 e. The normalized spacial score (nSPS) is 11.5. The Morgan fingerprint density at radius 3 is 2.29 bits per heavy atom. The molecule has 1 atom stereocenters. The first kappa shape index (κ1) is 29.3. The predicted molar refractivity (Wildman–Crippen MR) is 169 cm³/mol. The van der Waals surface area contributed by atoms with E-state index < -0.39 is 17.1 Å². The van der Waals surface area contributed by atoms with E-state index in [9.17, 15) is 19.5 Å². The highest BCUT2D eigenvalue weighted by atomic mass is 35.5. The maximum Gasteiger partial charge on any atom is 0.336 e. The molecule has 0 fully saturated rings. The van der Waals surface area contributed by atoms with Gasteiger partial charge < -0.3 is 15.7 Å². The molecule has 1 heterocycles. The summed E-state index contributed by atoms with van der Waals surface area (Å²) in [5.41, 5.74) is 2.64. The van der Waals surface area contributed by atoms with Crippen molar-refractivity contribution in [2.24, 2.45) is 0 Å². The second kappa shape index (κ2) is 13.2. The van der Waals surface area contributed by atoms with Gasteiger partial charge in [-0.2, -0.15) is 0 Å². The molecule has 0 radical (unpaired) electrons. The number of hydrogen-bond acceptors (Lipinski definition) is 6. The fourth-order valence-electron chi connectivity index (χ4n) is 4.04. The molecular weight excluding hydrogens is 613 g/mol. The van der Waals surface area contributed by atoms with E-state index in [4.69, 9.17) is 23.2 Å². The van der Waals surface area contributed by atoms with Crippen LogP contribution in [0.3, 0.4) is 0 Å². The number of carboxylic acid groups (broad SMARTS) is 1. The third kappa shape index (κ3) is 7.00. The topological polar surface area (TPSA) is 108 Å². The number of anilines is 2. The van der Waals surface area contributed by atoms with E-state index >= 15 is 0 Å². The average Bonchev–Trinajstić information content (AvgIpc) is 3.46. The minimum atomic E-state index is -1.19. The lowest BCUT2D eigenvalue weighted by Crippen LogP contribution is -2.19. The van der Waals surface area contributed by atoms with Crippen molar-refractivity contribution >= 4 is 74.9 Å². The minimum absolute atomic E-state index is 0.0493. The molecule has 210 valence electrons. The third-order valence-electron chi connectivity index (χ3n) is 6.04. The van der Waals surface area contributed by atoms with Gasteiger partial charge in [0.1, 0.15) is 5.25 Å². The summed E-state index contributed by atoms with van der Waals surface area (Å²) in [7, 11) is 0. The van der Waals surface area contributed by atoms with Crippen LogP contribution < -0.4 is 10.6 Å². The maximum atomic E-state index is 13.6. The summed E-state index contributed by atoms with van der Waals surface area (Å²) in [6.07, 6.45) is 0. The molecule has 0 bridgehead atoms. The Labute approximate surface area is 259 Å². The van der Waals surface area contributed by atoms with Crippen LogP contribution in [0, 0.1) is 0 Å². The van der Waals surface area contributed by atoms with Gasteiger partial charge in [0.15, 0.2) is 5.13 Å². The van der Waals surface area contributed by atoms with Crippen molar-refractivity contribution in [3.8, 4) is 11.3 Å². The molecule has 0 saturated heterocycles. The molecule has 5 rings (SSSR count). The number of thioether (sulfide) groups is 1. The Hall–Kier alpha value is -4.15. The fraction of sp³-hybridized carbons (Fsp3) is 0.0323. The van der Waals surface area contributed by atoms with Crippen LogP contribution in [0.4, 0.5) is 10.8 Å². The van der Waals surface area contributed by atoms with Gasteiger partial charge >= 0.3 is 5.97 Å². The summed E-state index contributed by atoms with van der Waals surface area (Å²) in [6, 6.07) is 27.6. The minimum Gasteiger partial charge on any atom is -0.478 e. The van der Waals surface area contributed by atoms with E-state index in [1.165, 1.54) is 35.2 Å². The molecule has 42 heavy (non-hydrogen) atoms. The molecule has 0 aliphatic carbocycles. The summed E-state index contributed by atoms with van der Waals surface area (Å²) in [5.74, 6) is -2.01. The standard InChI is InChI=1S/C31H21Cl2N3O4S2/c32-24-14-13-19(15-25(24)33)26-17-41-31(35-26)36-29(38)27(18-7-2-1-3-8-18)42-21-10-6-9-20(16-21)34-28(37)22-11-4-5-12-23(22)30(39)40/h1-17,27H,(H,34,37)(H,39,40)(H,35,36,38). The Bertz CT molecular complexity index is 1780. The lowest BCUT2D eigenvalue weighted by Gasteiger charge is -2.17. The van der Waals surface area contributed by atoms with Crippen molar-refractivity contribution in [3.05, 3.63) is 129 Å². The van der Waals surface area contributed by atoms with E-state index in [1.807, 2.05) is 47.8 Å². The molecule has 0 saturated carbocycles. The Balaban J connectivity index is 1.35. The van der Waals surface area contributed by atoms with Crippen LogP contribution >= 0.6 is 46.3 Å². The number of benzene rings is 4. The van der Waals surface area contributed by atoms with Gasteiger partial charge in [0.05, 0.1) is 26.9 Å². The first-order valence-corrected chi connectivity index (χ1v) is 15.0. The monoisotopic (exact) mass is 633 g/mol. The molecule has 0 aliphatic rings. The van der Waals surface area contributed by atoms with Crippen LogP contribution in [-0.2, 0) is 4.79 Å². The van der Waals surface area contributed by atoms with E-state index in [0.717, 1.165) is 16.0 Å². The molecule has 7 nitrogen and oxygen atoms in total. The van der Waals surface area contributed by atoms with Crippen molar-refractivity contribution in [1.29, 1.82) is 0 Å². The van der Waals surface area contributed by atoms with E-state index in [-0.39, 0.29) is 17.0 Å². The van der Waals surface area contributed by atoms with Gasteiger partial charge in [-0.15, -0.1) is 23.1 Å². The number of carbonyl (C=O) groups is 3.